The number of rotatable bonds is 3. The highest BCUT2D eigenvalue weighted by molar-refractivity contribution is 7.99. The van der Waals surface area contributed by atoms with E-state index in [1.165, 1.54) is 11.8 Å². The monoisotopic (exact) mass is 511 g/mol. The van der Waals surface area contributed by atoms with Crippen LogP contribution in [0.1, 0.15) is 26.4 Å². The first-order valence-electron chi connectivity index (χ1n) is 10.1. The predicted molar refractivity (Wildman–Crippen MR) is 124 cm³/mol. The number of aromatic nitrogens is 2. The first kappa shape index (κ1) is 22.5. The molecule has 2 aromatic heterocycles. The van der Waals surface area contributed by atoms with Crippen molar-refractivity contribution in [2.75, 3.05) is 24.2 Å². The highest BCUT2D eigenvalue weighted by Gasteiger charge is 2.36. The van der Waals surface area contributed by atoms with Crippen LogP contribution in [-0.2, 0) is 19.1 Å². The highest BCUT2D eigenvalue weighted by atomic mass is 35.5. The van der Waals surface area contributed by atoms with Crippen molar-refractivity contribution in [3.05, 3.63) is 51.0 Å². The van der Waals surface area contributed by atoms with Gasteiger partial charge in [-0.1, -0.05) is 11.6 Å². The highest BCUT2D eigenvalue weighted by Crippen LogP contribution is 2.42. The third-order valence-corrected chi connectivity index (χ3v) is 7.92. The molecular formula is C21H17ClF3N5OS2. The van der Waals surface area contributed by atoms with Crippen LogP contribution in [0.3, 0.4) is 0 Å². The molecule has 0 spiro atoms. The van der Waals surface area contributed by atoms with Crippen molar-refractivity contribution >= 4 is 52.2 Å². The van der Waals surface area contributed by atoms with Gasteiger partial charge in [0.05, 0.1) is 21.3 Å². The minimum Gasteiger partial charge on any atom is -0.350 e. The first-order chi connectivity index (χ1) is 15.8. The Kier molecular flexibility index (Phi) is 5.98. The molecule has 0 atom stereocenters. The molecule has 5 rings (SSSR count). The van der Waals surface area contributed by atoms with Crippen LogP contribution in [0.2, 0.25) is 5.02 Å². The first-order valence-corrected chi connectivity index (χ1v) is 12.3. The fraction of sp³-hybridized carbons (Fsp3) is 0.286. The van der Waals surface area contributed by atoms with E-state index in [1.54, 1.807) is 6.07 Å². The molecule has 6 nitrogen and oxygen atoms in total. The maximum Gasteiger partial charge on any atom is 0.420 e. The average molecular weight is 512 g/mol. The third-order valence-electron chi connectivity index (χ3n) is 5.30. The Balaban J connectivity index is 1.55. The van der Waals surface area contributed by atoms with E-state index in [0.29, 0.717) is 39.3 Å². The Labute approximate surface area is 200 Å². The van der Waals surface area contributed by atoms with Crippen LogP contribution in [0.4, 0.5) is 24.8 Å². The van der Waals surface area contributed by atoms with Gasteiger partial charge in [-0.15, -0.1) is 23.1 Å². The summed E-state index contributed by atoms with van der Waals surface area (Å²) >= 11 is 8.82. The summed E-state index contributed by atoms with van der Waals surface area (Å²) in [7, 11) is 0. The van der Waals surface area contributed by atoms with E-state index in [0.717, 1.165) is 41.6 Å². The number of nitrogens with one attached hydrogen (secondary N) is 3. The van der Waals surface area contributed by atoms with Crippen LogP contribution in [0.5, 0.6) is 0 Å². The van der Waals surface area contributed by atoms with Crippen molar-refractivity contribution in [2.24, 2.45) is 0 Å². The van der Waals surface area contributed by atoms with Gasteiger partial charge < -0.3 is 16.0 Å². The normalized spacial score (nSPS) is 15.9. The summed E-state index contributed by atoms with van der Waals surface area (Å²) in [6.07, 6.45) is -3.07. The van der Waals surface area contributed by atoms with Crippen molar-refractivity contribution in [3.63, 3.8) is 0 Å². The lowest BCUT2D eigenvalue weighted by Crippen LogP contribution is -2.23. The van der Waals surface area contributed by atoms with Crippen LogP contribution in [-0.4, -0.2) is 34.7 Å². The van der Waals surface area contributed by atoms with Crippen molar-refractivity contribution in [1.82, 2.24) is 20.6 Å². The van der Waals surface area contributed by atoms with Crippen molar-refractivity contribution in [3.8, 4) is 10.6 Å². The molecule has 33 heavy (non-hydrogen) atoms. The Morgan fingerprint density at radius 3 is 2.82 bits per heavy atom. The lowest BCUT2D eigenvalue weighted by atomic mass is 10.0. The number of fused-ring (bicyclic) bond motifs is 2. The molecular weight excluding hydrogens is 495 g/mol. The van der Waals surface area contributed by atoms with Gasteiger partial charge in [-0.3, -0.25) is 4.79 Å². The van der Waals surface area contributed by atoms with Crippen LogP contribution in [0.15, 0.2) is 29.3 Å². The number of hydrogen-bond acceptors (Lipinski definition) is 7. The molecule has 0 unspecified atom stereocenters. The number of halogens is 4. The zero-order valence-electron chi connectivity index (χ0n) is 17.0. The molecule has 0 radical (unpaired) electrons. The average Bonchev–Trinajstić information content (AvgIpc) is 3.13. The zero-order chi connectivity index (χ0) is 23.2. The number of carbonyl (C=O) groups is 1. The Morgan fingerprint density at radius 1 is 1.15 bits per heavy atom. The van der Waals surface area contributed by atoms with E-state index < -0.39 is 11.7 Å². The molecule has 0 saturated heterocycles. The van der Waals surface area contributed by atoms with Gasteiger partial charge in [-0.25, -0.2) is 9.97 Å². The molecule has 4 heterocycles. The van der Waals surface area contributed by atoms with E-state index in [-0.39, 0.29) is 22.4 Å². The lowest BCUT2D eigenvalue weighted by Gasteiger charge is -2.19. The molecule has 3 N–H and O–H groups in total. The summed E-state index contributed by atoms with van der Waals surface area (Å²) in [4.78, 5) is 21.7. The minimum atomic E-state index is -4.65. The molecule has 2 aliphatic heterocycles. The fourth-order valence-electron chi connectivity index (χ4n) is 3.72. The summed E-state index contributed by atoms with van der Waals surface area (Å²) < 4.78 is 41.3. The van der Waals surface area contributed by atoms with Gasteiger partial charge >= 0.3 is 6.18 Å². The summed E-state index contributed by atoms with van der Waals surface area (Å²) in [6, 6.07) is 5.31. The maximum absolute atomic E-state index is 13.8. The van der Waals surface area contributed by atoms with Gasteiger partial charge in [0, 0.05) is 29.9 Å². The second-order valence-corrected chi connectivity index (χ2v) is 10.1. The van der Waals surface area contributed by atoms with Crippen LogP contribution in [0.25, 0.3) is 10.6 Å². The van der Waals surface area contributed by atoms with Crippen LogP contribution < -0.4 is 16.0 Å². The molecule has 172 valence electrons. The smallest absolute Gasteiger partial charge is 0.350 e. The second-order valence-electron chi connectivity index (χ2n) is 7.51. The summed E-state index contributed by atoms with van der Waals surface area (Å²) in [5.41, 5.74) is 1.49. The van der Waals surface area contributed by atoms with Crippen LogP contribution in [0, 0.1) is 0 Å². The van der Waals surface area contributed by atoms with Crippen molar-refractivity contribution in [2.45, 2.75) is 24.0 Å². The molecule has 0 saturated carbocycles. The van der Waals surface area contributed by atoms with Gasteiger partial charge in [0.15, 0.2) is 0 Å². The molecule has 0 bridgehead atoms. The molecule has 1 aromatic carbocycles. The van der Waals surface area contributed by atoms with Crippen molar-refractivity contribution < 1.29 is 18.0 Å². The number of benzene rings is 1. The molecule has 2 aliphatic rings. The van der Waals surface area contributed by atoms with Gasteiger partial charge in [-0.05, 0) is 42.3 Å². The van der Waals surface area contributed by atoms with Gasteiger partial charge in [0.25, 0.3) is 5.91 Å². The summed E-state index contributed by atoms with van der Waals surface area (Å²) in [5, 5.41) is 9.42. The van der Waals surface area contributed by atoms with Crippen molar-refractivity contribution in [1.29, 1.82) is 0 Å². The predicted octanol–water partition coefficient (Wildman–Crippen LogP) is 5.10. The quantitative estimate of drug-likeness (QED) is 0.454. The van der Waals surface area contributed by atoms with E-state index >= 15 is 0 Å². The summed E-state index contributed by atoms with van der Waals surface area (Å²) in [6.45, 7) is 2.06. The SMILES string of the molecule is O=C1NCCSc2cc(-c3nc(Nc4cc5c(cc4Cl)CNCC5)ncc3C(F)(F)F)sc21. The number of nitrogens with zero attached hydrogens (tertiary/aromatic N) is 2. The number of anilines is 2. The van der Waals surface area contributed by atoms with Gasteiger partial charge in [-0.2, -0.15) is 13.2 Å². The Morgan fingerprint density at radius 2 is 2.00 bits per heavy atom. The number of thioether (sulfide) groups is 1. The lowest BCUT2D eigenvalue weighted by molar-refractivity contribution is -0.137. The zero-order valence-corrected chi connectivity index (χ0v) is 19.4. The largest absolute Gasteiger partial charge is 0.420 e. The van der Waals surface area contributed by atoms with Gasteiger partial charge in [0.2, 0.25) is 5.95 Å². The molecule has 1 amide bonds. The maximum atomic E-state index is 13.8. The van der Waals surface area contributed by atoms with Gasteiger partial charge in [0.1, 0.15) is 10.4 Å². The molecule has 0 fully saturated rings. The Hall–Kier alpha value is -2.34. The van der Waals surface area contributed by atoms with E-state index in [2.05, 4.69) is 25.9 Å². The second kappa shape index (κ2) is 8.79. The van der Waals surface area contributed by atoms with E-state index in [4.69, 9.17) is 11.6 Å². The third kappa shape index (κ3) is 4.54. The number of alkyl halides is 3. The number of thiophene rings is 1. The number of amides is 1. The summed E-state index contributed by atoms with van der Waals surface area (Å²) in [5.74, 6) is 0.348. The van der Waals surface area contributed by atoms with E-state index in [1.807, 2.05) is 12.1 Å². The topological polar surface area (TPSA) is 78.9 Å². The molecule has 12 heteroatoms. The number of hydrogen-bond donors (Lipinski definition) is 3. The van der Waals surface area contributed by atoms with E-state index in [9.17, 15) is 18.0 Å². The standard InChI is InChI=1S/C21H17ClF3N5OS2/c22-13-5-11-8-26-2-1-10(11)6-14(13)29-20-28-9-12(21(23,24)25)17(30-20)15-7-16-18(33-15)19(31)27-3-4-32-16/h5-7,9,26H,1-4,8H2,(H,27,31)(H,28,29,30). The number of carbonyl (C=O) groups excluding carboxylic acids is 1. The Bertz CT molecular complexity index is 1250. The molecule has 3 aromatic rings. The molecule has 0 aliphatic carbocycles. The fourth-order valence-corrected chi connectivity index (χ4v) is 6.15. The minimum absolute atomic E-state index is 0.00511. The van der Waals surface area contributed by atoms with Crippen LogP contribution >= 0.6 is 34.7 Å².